The Morgan fingerprint density at radius 1 is 1.04 bits per heavy atom. The fourth-order valence-corrected chi connectivity index (χ4v) is 2.10. The number of hydrogen-bond donors (Lipinski definition) is 2. The molecule has 122 valence electrons. The molecule has 0 unspecified atom stereocenters. The number of carbonyl (C=O) groups excluding carboxylic acids is 1. The van der Waals surface area contributed by atoms with Crippen molar-refractivity contribution < 1.29 is 14.3 Å². The molecule has 0 atom stereocenters. The van der Waals surface area contributed by atoms with Crippen LogP contribution in [0.3, 0.4) is 0 Å². The lowest BCUT2D eigenvalue weighted by Crippen LogP contribution is -2.38. The molecule has 0 aliphatic carbocycles. The summed E-state index contributed by atoms with van der Waals surface area (Å²) in [6.45, 7) is 2.66. The van der Waals surface area contributed by atoms with Crippen LogP contribution >= 0.6 is 0 Å². The number of rotatable bonds is 7. The topological polar surface area (TPSA) is 59.6 Å². The minimum Gasteiger partial charge on any atom is -0.496 e. The number of carbonyl (C=O) groups is 1. The monoisotopic (exact) mass is 314 g/mol. The maximum Gasteiger partial charge on any atom is 0.317 e. The summed E-state index contributed by atoms with van der Waals surface area (Å²) in [6.07, 6.45) is 0.705. The van der Waals surface area contributed by atoms with Crippen LogP contribution in [0.15, 0.2) is 48.5 Å². The van der Waals surface area contributed by atoms with Crippen LogP contribution in [0.2, 0.25) is 0 Å². The summed E-state index contributed by atoms with van der Waals surface area (Å²) < 4.78 is 10.7. The van der Waals surface area contributed by atoms with E-state index in [1.165, 1.54) is 5.56 Å². The van der Waals surface area contributed by atoms with E-state index in [0.29, 0.717) is 13.0 Å². The summed E-state index contributed by atoms with van der Waals surface area (Å²) in [5.74, 6) is 1.56. The highest BCUT2D eigenvalue weighted by atomic mass is 16.5. The molecule has 2 aromatic rings. The van der Waals surface area contributed by atoms with E-state index in [2.05, 4.69) is 10.6 Å². The summed E-state index contributed by atoms with van der Waals surface area (Å²) in [4.78, 5) is 11.7. The number of hydrogen-bond acceptors (Lipinski definition) is 3. The molecule has 0 aliphatic heterocycles. The summed E-state index contributed by atoms with van der Waals surface area (Å²) >= 11 is 0. The largest absolute Gasteiger partial charge is 0.496 e. The van der Waals surface area contributed by atoms with E-state index in [1.54, 1.807) is 7.11 Å². The first-order valence-electron chi connectivity index (χ1n) is 7.52. The van der Waals surface area contributed by atoms with Crippen molar-refractivity contribution in [1.82, 2.24) is 10.6 Å². The Morgan fingerprint density at radius 3 is 2.52 bits per heavy atom. The van der Waals surface area contributed by atoms with Crippen molar-refractivity contribution in [3.05, 3.63) is 59.7 Å². The molecule has 0 fully saturated rings. The lowest BCUT2D eigenvalue weighted by atomic mass is 10.1. The second-order valence-corrected chi connectivity index (χ2v) is 5.10. The second-order valence-electron chi connectivity index (χ2n) is 5.10. The molecular weight excluding hydrogens is 292 g/mol. The zero-order valence-corrected chi connectivity index (χ0v) is 13.5. The average molecular weight is 314 g/mol. The first-order valence-corrected chi connectivity index (χ1v) is 7.52. The van der Waals surface area contributed by atoms with E-state index in [-0.39, 0.29) is 12.8 Å². The van der Waals surface area contributed by atoms with Crippen molar-refractivity contribution in [2.24, 2.45) is 0 Å². The maximum atomic E-state index is 11.7. The van der Waals surface area contributed by atoms with Gasteiger partial charge in [-0.1, -0.05) is 35.9 Å². The van der Waals surface area contributed by atoms with E-state index in [9.17, 15) is 4.79 Å². The molecule has 2 amide bonds. The smallest absolute Gasteiger partial charge is 0.317 e. The fourth-order valence-electron chi connectivity index (χ4n) is 2.10. The number of nitrogens with one attached hydrogen (secondary N) is 2. The van der Waals surface area contributed by atoms with Crippen molar-refractivity contribution in [2.75, 3.05) is 20.4 Å². The molecule has 0 aromatic heterocycles. The molecule has 5 heteroatoms. The Kier molecular flexibility index (Phi) is 6.29. The van der Waals surface area contributed by atoms with Gasteiger partial charge in [-0.3, -0.25) is 0 Å². The standard InChI is InChI=1S/C18H22N2O3/c1-14-7-9-16(10-8-14)23-13-20-18(21)19-12-11-15-5-3-4-6-17(15)22-2/h3-10H,11-13H2,1-2H3,(H2,19,20,21). The molecule has 23 heavy (non-hydrogen) atoms. The highest BCUT2D eigenvalue weighted by Crippen LogP contribution is 2.17. The van der Waals surface area contributed by atoms with Crippen LogP contribution in [0.4, 0.5) is 4.79 Å². The normalized spacial score (nSPS) is 10.0. The third kappa shape index (κ3) is 5.54. The Bertz CT molecular complexity index is 626. The SMILES string of the molecule is COc1ccccc1CCNC(=O)NCOc1ccc(C)cc1. The van der Waals surface area contributed by atoms with E-state index < -0.39 is 0 Å². The number of para-hydroxylation sites is 1. The third-order valence-corrected chi connectivity index (χ3v) is 3.36. The van der Waals surface area contributed by atoms with Gasteiger partial charge in [-0.25, -0.2) is 4.79 Å². The molecule has 5 nitrogen and oxygen atoms in total. The summed E-state index contributed by atoms with van der Waals surface area (Å²) in [7, 11) is 1.64. The highest BCUT2D eigenvalue weighted by Gasteiger charge is 2.03. The first kappa shape index (κ1) is 16.7. The summed E-state index contributed by atoms with van der Waals surface area (Å²) in [5.41, 5.74) is 2.23. The fraction of sp³-hybridized carbons (Fsp3) is 0.278. The molecular formula is C18H22N2O3. The minimum absolute atomic E-state index is 0.129. The second kappa shape index (κ2) is 8.68. The van der Waals surface area contributed by atoms with Gasteiger partial charge in [0.25, 0.3) is 0 Å². The predicted octanol–water partition coefficient (Wildman–Crippen LogP) is 2.88. The van der Waals surface area contributed by atoms with Gasteiger partial charge in [0, 0.05) is 6.54 Å². The van der Waals surface area contributed by atoms with Crippen LogP contribution in [0.25, 0.3) is 0 Å². The van der Waals surface area contributed by atoms with Crippen LogP contribution in [-0.4, -0.2) is 26.4 Å². The van der Waals surface area contributed by atoms with Crippen molar-refractivity contribution >= 4 is 6.03 Å². The molecule has 2 N–H and O–H groups in total. The molecule has 0 saturated carbocycles. The molecule has 0 radical (unpaired) electrons. The van der Waals surface area contributed by atoms with Crippen molar-refractivity contribution in [2.45, 2.75) is 13.3 Å². The third-order valence-electron chi connectivity index (χ3n) is 3.36. The lowest BCUT2D eigenvalue weighted by Gasteiger charge is -2.11. The zero-order chi connectivity index (χ0) is 16.5. The molecule has 0 spiro atoms. The van der Waals surface area contributed by atoms with Gasteiger partial charge in [0.2, 0.25) is 0 Å². The lowest BCUT2D eigenvalue weighted by molar-refractivity contribution is 0.224. The minimum atomic E-state index is -0.257. The highest BCUT2D eigenvalue weighted by molar-refractivity contribution is 5.73. The Balaban J connectivity index is 1.66. The van der Waals surface area contributed by atoms with Gasteiger partial charge < -0.3 is 20.1 Å². The quantitative estimate of drug-likeness (QED) is 0.773. The number of amides is 2. The van der Waals surface area contributed by atoms with Crippen LogP contribution in [0.1, 0.15) is 11.1 Å². The predicted molar refractivity (Wildman–Crippen MR) is 89.9 cm³/mol. The molecule has 0 aliphatic rings. The van der Waals surface area contributed by atoms with Crippen LogP contribution in [0.5, 0.6) is 11.5 Å². The van der Waals surface area contributed by atoms with Gasteiger partial charge in [-0.2, -0.15) is 0 Å². The van der Waals surface area contributed by atoms with E-state index in [1.807, 2.05) is 55.5 Å². The average Bonchev–Trinajstić information content (AvgIpc) is 2.57. The van der Waals surface area contributed by atoms with Gasteiger partial charge in [0.15, 0.2) is 6.73 Å². The first-order chi connectivity index (χ1) is 11.2. The number of benzene rings is 2. The number of ether oxygens (including phenoxy) is 2. The Hall–Kier alpha value is -2.69. The van der Waals surface area contributed by atoms with Crippen molar-refractivity contribution in [3.8, 4) is 11.5 Å². The summed E-state index contributed by atoms with van der Waals surface area (Å²) in [6, 6.07) is 15.2. The Labute approximate surface area is 136 Å². The molecule has 2 rings (SSSR count). The van der Waals surface area contributed by atoms with Gasteiger partial charge >= 0.3 is 6.03 Å². The molecule has 0 saturated heterocycles. The number of aryl methyl sites for hydroxylation is 1. The number of methoxy groups -OCH3 is 1. The van der Waals surface area contributed by atoms with Crippen molar-refractivity contribution in [3.63, 3.8) is 0 Å². The van der Waals surface area contributed by atoms with Gasteiger partial charge in [0.05, 0.1) is 7.11 Å². The maximum absolute atomic E-state index is 11.7. The molecule has 2 aromatic carbocycles. The van der Waals surface area contributed by atoms with Crippen LogP contribution < -0.4 is 20.1 Å². The van der Waals surface area contributed by atoms with Crippen LogP contribution in [-0.2, 0) is 6.42 Å². The van der Waals surface area contributed by atoms with Crippen LogP contribution in [0, 0.1) is 6.92 Å². The molecule has 0 bridgehead atoms. The van der Waals surface area contributed by atoms with Crippen molar-refractivity contribution in [1.29, 1.82) is 0 Å². The Morgan fingerprint density at radius 2 is 1.78 bits per heavy atom. The van der Waals surface area contributed by atoms with E-state index in [0.717, 1.165) is 17.1 Å². The van der Waals surface area contributed by atoms with E-state index in [4.69, 9.17) is 9.47 Å². The van der Waals surface area contributed by atoms with Gasteiger partial charge in [0.1, 0.15) is 11.5 Å². The number of urea groups is 1. The van der Waals surface area contributed by atoms with E-state index >= 15 is 0 Å². The zero-order valence-electron chi connectivity index (χ0n) is 13.5. The summed E-state index contributed by atoms with van der Waals surface area (Å²) in [5, 5.41) is 5.45. The van der Waals surface area contributed by atoms with Gasteiger partial charge in [-0.15, -0.1) is 0 Å². The van der Waals surface area contributed by atoms with Gasteiger partial charge in [-0.05, 0) is 37.1 Å². The molecule has 0 heterocycles.